The summed E-state index contributed by atoms with van der Waals surface area (Å²) in [6.45, 7) is 8.22. The number of hydrogen-bond acceptors (Lipinski definition) is 2. The first kappa shape index (κ1) is 34.9. The molecule has 1 aliphatic carbocycles. The Morgan fingerprint density at radius 2 is 1.20 bits per heavy atom. The van der Waals surface area contributed by atoms with Crippen molar-refractivity contribution in [2.24, 2.45) is 5.92 Å². The number of rotatable bonds is 17. The molecule has 51 heavy (non-hydrogen) atoms. The zero-order valence-electron chi connectivity index (χ0n) is 30.9. The van der Waals surface area contributed by atoms with Crippen molar-refractivity contribution >= 4 is 21.5 Å². The molecular formula is C49H54O2. The smallest absolute Gasteiger partial charge is 0.120 e. The van der Waals surface area contributed by atoms with Gasteiger partial charge in [-0.25, -0.2) is 0 Å². The summed E-state index contributed by atoms with van der Waals surface area (Å²) < 4.78 is 12.7. The van der Waals surface area contributed by atoms with E-state index in [9.17, 15) is 0 Å². The van der Waals surface area contributed by atoms with Crippen LogP contribution in [0.25, 0.3) is 32.7 Å². The van der Waals surface area contributed by atoms with Gasteiger partial charge >= 0.3 is 0 Å². The highest BCUT2D eigenvalue weighted by Crippen LogP contribution is 2.58. The highest BCUT2D eigenvalue weighted by atomic mass is 16.5. The number of fused-ring (bicyclic) bond motifs is 6. The molecule has 0 N–H and O–H groups in total. The first-order chi connectivity index (χ1) is 25.1. The molecule has 0 bridgehead atoms. The molecule has 0 saturated carbocycles. The maximum atomic E-state index is 6.36. The zero-order valence-corrected chi connectivity index (χ0v) is 30.9. The van der Waals surface area contributed by atoms with Crippen LogP contribution in [0.5, 0.6) is 11.5 Å². The summed E-state index contributed by atoms with van der Waals surface area (Å²) in [5, 5.41) is 5.20. The number of unbranched alkanes of at least 4 members (excludes halogenated alkanes) is 4. The second kappa shape index (κ2) is 16.2. The van der Waals surface area contributed by atoms with Crippen LogP contribution in [0, 0.1) is 5.92 Å². The topological polar surface area (TPSA) is 18.5 Å². The third-order valence-electron chi connectivity index (χ3n) is 11.4. The Balaban J connectivity index is 1.34. The number of ether oxygens (including phenoxy) is 2. The molecule has 6 aromatic carbocycles. The third-order valence-corrected chi connectivity index (χ3v) is 11.4. The fourth-order valence-corrected chi connectivity index (χ4v) is 8.60. The molecule has 2 heteroatoms. The average molecular weight is 675 g/mol. The SMILES string of the molecule is CCCCCCC1(CC(CC)CCCC)c2cc3cc(OCc4ccccc4)ccc3cc2-c2ccc3cc(OCc4ccccc4)ccc3c21. The van der Waals surface area contributed by atoms with E-state index in [1.165, 1.54) is 114 Å². The maximum Gasteiger partial charge on any atom is 0.120 e. The minimum atomic E-state index is -0.0478. The second-order valence-corrected chi connectivity index (χ2v) is 14.8. The summed E-state index contributed by atoms with van der Waals surface area (Å²) in [7, 11) is 0. The van der Waals surface area contributed by atoms with E-state index in [4.69, 9.17) is 9.47 Å². The van der Waals surface area contributed by atoms with E-state index in [0.29, 0.717) is 19.1 Å². The monoisotopic (exact) mass is 674 g/mol. The minimum Gasteiger partial charge on any atom is -0.489 e. The summed E-state index contributed by atoms with van der Waals surface area (Å²) in [4.78, 5) is 0. The molecule has 0 fully saturated rings. The van der Waals surface area contributed by atoms with Crippen molar-refractivity contribution in [2.45, 2.75) is 104 Å². The maximum absolute atomic E-state index is 6.36. The van der Waals surface area contributed by atoms with Crippen LogP contribution in [0.15, 0.2) is 121 Å². The number of benzene rings is 6. The van der Waals surface area contributed by atoms with Gasteiger partial charge in [-0.3, -0.25) is 0 Å². The van der Waals surface area contributed by atoms with Gasteiger partial charge in [0, 0.05) is 5.41 Å². The minimum absolute atomic E-state index is 0.0478. The highest BCUT2D eigenvalue weighted by Gasteiger charge is 2.45. The fourth-order valence-electron chi connectivity index (χ4n) is 8.60. The molecule has 0 saturated heterocycles. The largest absolute Gasteiger partial charge is 0.489 e. The molecule has 2 atom stereocenters. The van der Waals surface area contributed by atoms with Gasteiger partial charge in [0.1, 0.15) is 24.7 Å². The summed E-state index contributed by atoms with van der Waals surface area (Å²) >= 11 is 0. The van der Waals surface area contributed by atoms with Crippen LogP contribution in [0.2, 0.25) is 0 Å². The van der Waals surface area contributed by atoms with Crippen LogP contribution < -0.4 is 9.47 Å². The normalized spacial score (nSPS) is 15.5. The lowest BCUT2D eigenvalue weighted by Gasteiger charge is -2.37. The van der Waals surface area contributed by atoms with Crippen LogP contribution in [-0.2, 0) is 18.6 Å². The van der Waals surface area contributed by atoms with Crippen molar-refractivity contribution in [3.05, 3.63) is 144 Å². The van der Waals surface area contributed by atoms with Crippen LogP contribution in [-0.4, -0.2) is 0 Å². The Kier molecular flexibility index (Phi) is 11.1. The van der Waals surface area contributed by atoms with Crippen molar-refractivity contribution in [3.8, 4) is 22.6 Å². The van der Waals surface area contributed by atoms with Gasteiger partial charge in [0.25, 0.3) is 0 Å². The Labute approximate surface area is 305 Å². The zero-order chi connectivity index (χ0) is 35.0. The Bertz CT molecular complexity index is 2050. The first-order valence-electron chi connectivity index (χ1n) is 19.6. The molecule has 0 aliphatic heterocycles. The molecule has 7 rings (SSSR count). The highest BCUT2D eigenvalue weighted by molar-refractivity contribution is 6.01. The lowest BCUT2D eigenvalue weighted by atomic mass is 9.66. The van der Waals surface area contributed by atoms with Gasteiger partial charge in [0.05, 0.1) is 0 Å². The second-order valence-electron chi connectivity index (χ2n) is 14.8. The lowest BCUT2D eigenvalue weighted by Crippen LogP contribution is -2.29. The van der Waals surface area contributed by atoms with E-state index in [1.54, 1.807) is 5.56 Å². The summed E-state index contributed by atoms with van der Waals surface area (Å²) in [6, 6.07) is 44.2. The van der Waals surface area contributed by atoms with Crippen LogP contribution in [0.4, 0.5) is 0 Å². The molecule has 2 unspecified atom stereocenters. The molecule has 0 heterocycles. The molecule has 262 valence electrons. The predicted octanol–water partition coefficient (Wildman–Crippen LogP) is 14.0. The lowest BCUT2D eigenvalue weighted by molar-refractivity contribution is 0.306. The van der Waals surface area contributed by atoms with Crippen LogP contribution in [0.3, 0.4) is 0 Å². The van der Waals surface area contributed by atoms with Crippen molar-refractivity contribution < 1.29 is 9.47 Å². The van der Waals surface area contributed by atoms with Gasteiger partial charge in [0.15, 0.2) is 0 Å². The average Bonchev–Trinajstić information content (AvgIpc) is 3.44. The first-order valence-corrected chi connectivity index (χ1v) is 19.6. The van der Waals surface area contributed by atoms with Gasteiger partial charge in [-0.05, 0) is 110 Å². The Hall–Kier alpha value is -4.56. The molecule has 6 aromatic rings. The molecule has 0 aromatic heterocycles. The molecule has 0 spiro atoms. The molecule has 0 amide bonds. The van der Waals surface area contributed by atoms with E-state index < -0.39 is 0 Å². The quantitative estimate of drug-likeness (QED) is 0.0897. The number of hydrogen-bond donors (Lipinski definition) is 0. The van der Waals surface area contributed by atoms with Gasteiger partial charge in [0.2, 0.25) is 0 Å². The van der Waals surface area contributed by atoms with Gasteiger partial charge in [-0.15, -0.1) is 0 Å². The van der Waals surface area contributed by atoms with Crippen molar-refractivity contribution in [3.63, 3.8) is 0 Å². The summed E-state index contributed by atoms with van der Waals surface area (Å²) in [5.41, 5.74) is 8.23. The van der Waals surface area contributed by atoms with E-state index in [-0.39, 0.29) is 5.41 Å². The van der Waals surface area contributed by atoms with Gasteiger partial charge in [-0.2, -0.15) is 0 Å². The van der Waals surface area contributed by atoms with Crippen LogP contribution >= 0.6 is 0 Å². The predicted molar refractivity (Wildman–Crippen MR) is 216 cm³/mol. The van der Waals surface area contributed by atoms with E-state index in [1.807, 2.05) is 0 Å². The standard InChI is InChI=1S/C49H54O2/c1-4-7-9-16-28-49(33-36(6-3)17-8-5-2)47-32-41-30-42(50-34-37-18-12-10-13-19-37)24-22-39(41)31-46(47)45-26-23-40-29-43(25-27-44(40)48(45)49)51-35-38-20-14-11-15-21-38/h10-15,18-27,29-32,36H,4-9,16-17,28,33-35H2,1-3H3. The molecular weight excluding hydrogens is 621 g/mol. The van der Waals surface area contributed by atoms with Crippen molar-refractivity contribution in [1.82, 2.24) is 0 Å². The molecule has 1 aliphatic rings. The van der Waals surface area contributed by atoms with Gasteiger partial charge < -0.3 is 9.47 Å². The molecule has 2 nitrogen and oxygen atoms in total. The summed E-state index contributed by atoms with van der Waals surface area (Å²) in [6.07, 6.45) is 12.5. The van der Waals surface area contributed by atoms with E-state index in [2.05, 4.69) is 142 Å². The summed E-state index contributed by atoms with van der Waals surface area (Å²) in [5.74, 6) is 2.53. The van der Waals surface area contributed by atoms with E-state index in [0.717, 1.165) is 11.5 Å². The Morgan fingerprint density at radius 1 is 0.549 bits per heavy atom. The fraction of sp³-hybridized carbons (Fsp3) is 0.347. The van der Waals surface area contributed by atoms with Gasteiger partial charge in [-0.1, -0.05) is 157 Å². The van der Waals surface area contributed by atoms with Crippen molar-refractivity contribution in [1.29, 1.82) is 0 Å². The van der Waals surface area contributed by atoms with E-state index >= 15 is 0 Å². The molecule has 0 radical (unpaired) electrons. The van der Waals surface area contributed by atoms with Crippen LogP contribution in [0.1, 0.15) is 107 Å². The third kappa shape index (κ3) is 7.57. The van der Waals surface area contributed by atoms with Crippen molar-refractivity contribution in [2.75, 3.05) is 0 Å². The Morgan fingerprint density at radius 3 is 1.86 bits per heavy atom.